The number of aromatic nitrogens is 2. The quantitative estimate of drug-likeness (QED) is 0.935. The molecule has 1 heterocycles. The molecule has 2 aromatic rings. The van der Waals surface area contributed by atoms with Gasteiger partial charge in [-0.2, -0.15) is 0 Å². The molecule has 0 saturated heterocycles. The van der Waals surface area contributed by atoms with E-state index in [1.54, 1.807) is 0 Å². The smallest absolute Gasteiger partial charge is 0.269 e. The molecule has 19 heavy (non-hydrogen) atoms. The lowest BCUT2D eigenvalue weighted by atomic mass is 10.1. The first-order valence-electron chi connectivity index (χ1n) is 6.52. The molecule has 0 unspecified atom stereocenters. The van der Waals surface area contributed by atoms with E-state index < -0.39 is 0 Å². The summed E-state index contributed by atoms with van der Waals surface area (Å²) < 4.78 is 3.84. The Hall–Kier alpha value is -1.75. The van der Waals surface area contributed by atoms with Gasteiger partial charge in [-0.1, -0.05) is 17.5 Å². The van der Waals surface area contributed by atoms with Crippen molar-refractivity contribution in [1.82, 2.24) is 9.59 Å². The first kappa shape index (κ1) is 12.3. The molecule has 4 nitrogen and oxygen atoms in total. The second kappa shape index (κ2) is 5.09. The highest BCUT2D eigenvalue weighted by Gasteiger charge is 2.16. The first-order valence-corrected chi connectivity index (χ1v) is 7.29. The van der Waals surface area contributed by atoms with Gasteiger partial charge in [-0.3, -0.25) is 4.79 Å². The molecule has 0 bridgehead atoms. The topological polar surface area (TPSA) is 54.9 Å². The Labute approximate surface area is 116 Å². The summed E-state index contributed by atoms with van der Waals surface area (Å²) in [5.74, 6) is -0.107. The molecule has 0 radical (unpaired) electrons. The number of fused-ring (bicyclic) bond motifs is 1. The van der Waals surface area contributed by atoms with Crippen LogP contribution in [0.3, 0.4) is 0 Å². The summed E-state index contributed by atoms with van der Waals surface area (Å²) in [6.45, 7) is 1.98. The molecular weight excluding hydrogens is 258 g/mol. The van der Waals surface area contributed by atoms with Gasteiger partial charge in [0.15, 0.2) is 0 Å². The van der Waals surface area contributed by atoms with E-state index in [0.29, 0.717) is 4.88 Å². The molecule has 0 atom stereocenters. The lowest BCUT2D eigenvalue weighted by Gasteiger charge is -2.06. The highest BCUT2D eigenvalue weighted by Crippen LogP contribution is 2.25. The van der Waals surface area contributed by atoms with Gasteiger partial charge in [-0.15, -0.1) is 5.10 Å². The van der Waals surface area contributed by atoms with Gasteiger partial charge >= 0.3 is 0 Å². The van der Waals surface area contributed by atoms with Gasteiger partial charge in [0.1, 0.15) is 4.88 Å². The van der Waals surface area contributed by atoms with Crippen LogP contribution in [0.15, 0.2) is 18.2 Å². The molecule has 1 amide bonds. The van der Waals surface area contributed by atoms with Crippen LogP contribution < -0.4 is 5.32 Å². The Balaban J connectivity index is 1.80. The van der Waals surface area contributed by atoms with E-state index in [-0.39, 0.29) is 5.91 Å². The van der Waals surface area contributed by atoms with Crippen LogP contribution in [0.4, 0.5) is 5.69 Å². The van der Waals surface area contributed by atoms with Crippen molar-refractivity contribution in [2.24, 2.45) is 0 Å². The van der Waals surface area contributed by atoms with E-state index in [1.807, 2.05) is 13.0 Å². The average Bonchev–Trinajstić information content (AvgIpc) is 3.06. The number of hydrogen-bond donors (Lipinski definition) is 1. The lowest BCUT2D eigenvalue weighted by Crippen LogP contribution is -2.12. The third-order valence-electron chi connectivity index (χ3n) is 3.45. The van der Waals surface area contributed by atoms with Crippen LogP contribution in [0.5, 0.6) is 0 Å². The van der Waals surface area contributed by atoms with Gasteiger partial charge < -0.3 is 5.32 Å². The number of anilines is 1. The summed E-state index contributed by atoms with van der Waals surface area (Å²) in [5.41, 5.74) is 4.40. The van der Waals surface area contributed by atoms with Crippen molar-refractivity contribution >= 4 is 23.1 Å². The van der Waals surface area contributed by atoms with Crippen LogP contribution >= 0.6 is 11.5 Å². The third-order valence-corrected chi connectivity index (χ3v) is 4.22. The Bertz CT molecular complexity index is 621. The van der Waals surface area contributed by atoms with Crippen molar-refractivity contribution in [2.45, 2.75) is 32.6 Å². The summed E-state index contributed by atoms with van der Waals surface area (Å²) in [6, 6.07) is 6.17. The molecule has 1 aromatic heterocycles. The number of nitrogens with one attached hydrogen (secondary N) is 1. The van der Waals surface area contributed by atoms with E-state index in [2.05, 4.69) is 27.0 Å². The summed E-state index contributed by atoms with van der Waals surface area (Å²) in [5, 5.41) is 6.90. The maximum atomic E-state index is 12.2. The van der Waals surface area contributed by atoms with E-state index in [0.717, 1.165) is 42.2 Å². The summed E-state index contributed by atoms with van der Waals surface area (Å²) in [7, 11) is 0. The second-order valence-electron chi connectivity index (χ2n) is 4.69. The highest BCUT2D eigenvalue weighted by molar-refractivity contribution is 7.08. The van der Waals surface area contributed by atoms with Crippen LogP contribution in [0.25, 0.3) is 0 Å². The predicted octanol–water partition coefficient (Wildman–Crippen LogP) is 2.84. The minimum absolute atomic E-state index is 0.107. The number of hydrogen-bond acceptors (Lipinski definition) is 4. The van der Waals surface area contributed by atoms with Crippen molar-refractivity contribution in [3.8, 4) is 0 Å². The van der Waals surface area contributed by atoms with Gasteiger partial charge in [0.25, 0.3) is 5.91 Å². The highest BCUT2D eigenvalue weighted by atomic mass is 32.1. The van der Waals surface area contributed by atoms with Crippen molar-refractivity contribution in [3.05, 3.63) is 39.9 Å². The van der Waals surface area contributed by atoms with Gasteiger partial charge in [-0.25, -0.2) is 0 Å². The van der Waals surface area contributed by atoms with Gasteiger partial charge in [0.2, 0.25) is 0 Å². The Kier molecular flexibility index (Phi) is 3.29. The number of aryl methyl sites for hydroxylation is 3. The van der Waals surface area contributed by atoms with Crippen molar-refractivity contribution in [3.63, 3.8) is 0 Å². The van der Waals surface area contributed by atoms with Crippen LogP contribution in [-0.2, 0) is 19.3 Å². The van der Waals surface area contributed by atoms with E-state index >= 15 is 0 Å². The number of rotatable bonds is 3. The lowest BCUT2D eigenvalue weighted by molar-refractivity contribution is 0.102. The fourth-order valence-corrected chi connectivity index (χ4v) is 3.10. The van der Waals surface area contributed by atoms with Crippen LogP contribution in [0.2, 0.25) is 0 Å². The van der Waals surface area contributed by atoms with E-state index in [9.17, 15) is 4.79 Å². The monoisotopic (exact) mass is 273 g/mol. The molecule has 1 aliphatic carbocycles. The molecule has 0 fully saturated rings. The standard InChI is InChI=1S/C14H15N3OS/c1-2-12-13(19-17-16-12)14(18)15-11-7-6-9-4-3-5-10(9)8-11/h6-8H,2-5H2,1H3,(H,15,18). The molecular formula is C14H15N3OS. The minimum atomic E-state index is -0.107. The van der Waals surface area contributed by atoms with Crippen molar-refractivity contribution < 1.29 is 4.79 Å². The van der Waals surface area contributed by atoms with Crippen molar-refractivity contribution in [1.29, 1.82) is 0 Å². The number of benzene rings is 1. The zero-order valence-corrected chi connectivity index (χ0v) is 11.6. The molecule has 0 saturated carbocycles. The molecule has 1 N–H and O–H groups in total. The second-order valence-corrected chi connectivity index (χ2v) is 5.45. The number of nitrogens with zero attached hydrogens (tertiary/aromatic N) is 2. The maximum Gasteiger partial charge on any atom is 0.269 e. The normalized spacial score (nSPS) is 13.3. The maximum absolute atomic E-state index is 12.2. The van der Waals surface area contributed by atoms with Crippen molar-refractivity contribution in [2.75, 3.05) is 5.32 Å². The SMILES string of the molecule is CCc1nnsc1C(=O)Nc1ccc2c(c1)CCC2. The molecule has 1 aromatic carbocycles. The summed E-state index contributed by atoms with van der Waals surface area (Å²) >= 11 is 1.15. The molecule has 0 aliphatic heterocycles. The Morgan fingerprint density at radius 2 is 2.21 bits per heavy atom. The summed E-state index contributed by atoms with van der Waals surface area (Å²) in [6.07, 6.45) is 4.21. The van der Waals surface area contributed by atoms with Gasteiger partial charge in [0.05, 0.1) is 5.69 Å². The Morgan fingerprint density at radius 1 is 1.37 bits per heavy atom. The Morgan fingerprint density at radius 3 is 3.05 bits per heavy atom. The van der Waals surface area contributed by atoms with E-state index in [1.165, 1.54) is 17.5 Å². The fraction of sp³-hybridized carbons (Fsp3) is 0.357. The van der Waals surface area contributed by atoms with Crippen LogP contribution in [0, 0.1) is 0 Å². The fourth-order valence-electron chi connectivity index (χ4n) is 2.45. The largest absolute Gasteiger partial charge is 0.321 e. The predicted molar refractivity (Wildman–Crippen MR) is 75.7 cm³/mol. The number of amides is 1. The molecule has 98 valence electrons. The minimum Gasteiger partial charge on any atom is -0.321 e. The zero-order valence-electron chi connectivity index (χ0n) is 10.8. The summed E-state index contributed by atoms with van der Waals surface area (Å²) in [4.78, 5) is 12.8. The molecule has 5 heteroatoms. The number of carbonyl (C=O) groups is 1. The van der Waals surface area contributed by atoms with Crippen LogP contribution in [-0.4, -0.2) is 15.5 Å². The molecule has 3 rings (SSSR count). The van der Waals surface area contributed by atoms with Gasteiger partial charge in [-0.05, 0) is 60.5 Å². The molecule has 1 aliphatic rings. The van der Waals surface area contributed by atoms with E-state index in [4.69, 9.17) is 0 Å². The zero-order chi connectivity index (χ0) is 13.2. The third kappa shape index (κ3) is 2.38. The average molecular weight is 273 g/mol. The first-order chi connectivity index (χ1) is 9.28. The van der Waals surface area contributed by atoms with Crippen LogP contribution in [0.1, 0.15) is 39.8 Å². The molecule has 0 spiro atoms. The van der Waals surface area contributed by atoms with Gasteiger partial charge in [0, 0.05) is 5.69 Å². The number of carbonyl (C=O) groups excluding carboxylic acids is 1.